The molecule has 0 N–H and O–H groups in total. The Kier molecular flexibility index (Phi) is 2.69. The standard InChI is InChI=1S/C9H14NO/c1-4-5-8-6-9(7(2)3)10-11-8/h6-7H,1,4-5H2,2-3H3. The van der Waals surface area contributed by atoms with E-state index in [4.69, 9.17) is 4.52 Å². The van der Waals surface area contributed by atoms with Crippen LogP contribution in [0.1, 0.15) is 37.6 Å². The predicted molar refractivity (Wildman–Crippen MR) is 44.3 cm³/mol. The second-order valence-electron chi connectivity index (χ2n) is 2.98. The van der Waals surface area contributed by atoms with Crippen LogP contribution >= 0.6 is 0 Å². The molecule has 1 aromatic heterocycles. The molecule has 0 aromatic carbocycles. The van der Waals surface area contributed by atoms with Crippen molar-refractivity contribution in [3.8, 4) is 0 Å². The molecule has 1 radical (unpaired) electrons. The van der Waals surface area contributed by atoms with Gasteiger partial charge in [-0.1, -0.05) is 25.9 Å². The Morgan fingerprint density at radius 3 is 2.82 bits per heavy atom. The maximum Gasteiger partial charge on any atom is 0.137 e. The molecule has 0 aliphatic rings. The van der Waals surface area contributed by atoms with Crippen LogP contribution in [0.4, 0.5) is 0 Å². The van der Waals surface area contributed by atoms with Crippen LogP contribution in [0, 0.1) is 6.92 Å². The summed E-state index contributed by atoms with van der Waals surface area (Å²) in [4.78, 5) is 0. The van der Waals surface area contributed by atoms with Gasteiger partial charge in [0, 0.05) is 12.5 Å². The summed E-state index contributed by atoms with van der Waals surface area (Å²) in [5.41, 5.74) is 1.04. The number of rotatable bonds is 3. The average Bonchev–Trinajstić information content (AvgIpc) is 2.37. The molecule has 1 aromatic rings. The molecular formula is C9H14NO. The molecule has 2 heteroatoms. The summed E-state index contributed by atoms with van der Waals surface area (Å²) >= 11 is 0. The van der Waals surface area contributed by atoms with Gasteiger partial charge >= 0.3 is 0 Å². The highest BCUT2D eigenvalue weighted by molar-refractivity contribution is 5.08. The van der Waals surface area contributed by atoms with E-state index in [1.165, 1.54) is 0 Å². The van der Waals surface area contributed by atoms with Gasteiger partial charge in [0.2, 0.25) is 0 Å². The van der Waals surface area contributed by atoms with E-state index in [0.29, 0.717) is 5.92 Å². The molecule has 0 bridgehead atoms. The molecule has 0 atom stereocenters. The van der Waals surface area contributed by atoms with E-state index in [1.54, 1.807) is 0 Å². The van der Waals surface area contributed by atoms with Crippen molar-refractivity contribution in [2.24, 2.45) is 0 Å². The molecule has 0 fully saturated rings. The summed E-state index contributed by atoms with van der Waals surface area (Å²) in [5.74, 6) is 1.40. The third kappa shape index (κ3) is 2.07. The summed E-state index contributed by atoms with van der Waals surface area (Å²) in [7, 11) is 0. The Hall–Kier alpha value is -0.790. The Bertz CT molecular complexity index is 215. The van der Waals surface area contributed by atoms with Crippen LogP contribution in [-0.4, -0.2) is 5.16 Å². The molecule has 0 unspecified atom stereocenters. The molecule has 0 spiro atoms. The zero-order valence-corrected chi connectivity index (χ0v) is 7.13. The van der Waals surface area contributed by atoms with Gasteiger partial charge in [-0.15, -0.1) is 0 Å². The molecule has 0 saturated carbocycles. The molecule has 0 saturated heterocycles. The molecule has 61 valence electrons. The fourth-order valence-electron chi connectivity index (χ4n) is 0.893. The summed E-state index contributed by atoms with van der Waals surface area (Å²) in [5, 5.41) is 3.93. The first kappa shape index (κ1) is 8.31. The topological polar surface area (TPSA) is 26.0 Å². The van der Waals surface area contributed by atoms with E-state index in [2.05, 4.69) is 25.9 Å². The average molecular weight is 152 g/mol. The van der Waals surface area contributed by atoms with Gasteiger partial charge < -0.3 is 4.52 Å². The lowest BCUT2D eigenvalue weighted by Crippen LogP contribution is -1.84. The number of hydrogen-bond acceptors (Lipinski definition) is 2. The van der Waals surface area contributed by atoms with Crippen LogP contribution in [0.2, 0.25) is 0 Å². The van der Waals surface area contributed by atoms with Crippen molar-refractivity contribution in [1.82, 2.24) is 5.16 Å². The van der Waals surface area contributed by atoms with Crippen molar-refractivity contribution < 1.29 is 4.52 Å². The quantitative estimate of drug-likeness (QED) is 0.665. The SMILES string of the molecule is [CH2]CCc1cc(C(C)C)no1. The highest BCUT2D eigenvalue weighted by Gasteiger charge is 2.05. The lowest BCUT2D eigenvalue weighted by Gasteiger charge is -1.93. The number of aryl methyl sites for hydroxylation is 1. The van der Waals surface area contributed by atoms with E-state index >= 15 is 0 Å². The van der Waals surface area contributed by atoms with Gasteiger partial charge in [-0.25, -0.2) is 0 Å². The van der Waals surface area contributed by atoms with Crippen LogP contribution in [0.25, 0.3) is 0 Å². The molecule has 0 aliphatic heterocycles. The second kappa shape index (κ2) is 3.56. The van der Waals surface area contributed by atoms with E-state index in [1.807, 2.05) is 6.07 Å². The zero-order valence-electron chi connectivity index (χ0n) is 7.13. The highest BCUT2D eigenvalue weighted by atomic mass is 16.5. The Labute approximate surface area is 67.6 Å². The first-order valence-electron chi connectivity index (χ1n) is 3.98. The first-order valence-corrected chi connectivity index (χ1v) is 3.98. The van der Waals surface area contributed by atoms with Crippen molar-refractivity contribution in [2.45, 2.75) is 32.6 Å². The Morgan fingerprint density at radius 2 is 2.36 bits per heavy atom. The molecule has 1 heterocycles. The largest absolute Gasteiger partial charge is 0.361 e. The summed E-state index contributed by atoms with van der Waals surface area (Å²) in [6.07, 6.45) is 1.76. The number of hydrogen-bond donors (Lipinski definition) is 0. The minimum Gasteiger partial charge on any atom is -0.361 e. The minimum absolute atomic E-state index is 0.456. The van der Waals surface area contributed by atoms with E-state index in [9.17, 15) is 0 Å². The van der Waals surface area contributed by atoms with Gasteiger partial charge in [-0.2, -0.15) is 0 Å². The molecule has 1 rings (SSSR count). The maximum atomic E-state index is 5.08. The van der Waals surface area contributed by atoms with Crippen LogP contribution < -0.4 is 0 Å². The van der Waals surface area contributed by atoms with Gasteiger partial charge in [0.1, 0.15) is 5.76 Å². The van der Waals surface area contributed by atoms with E-state index in [0.717, 1.165) is 24.3 Å². The van der Waals surface area contributed by atoms with Crippen LogP contribution in [0.3, 0.4) is 0 Å². The van der Waals surface area contributed by atoms with Gasteiger partial charge in [0.15, 0.2) is 0 Å². The highest BCUT2D eigenvalue weighted by Crippen LogP contribution is 2.14. The predicted octanol–water partition coefficient (Wildman–Crippen LogP) is 2.56. The monoisotopic (exact) mass is 152 g/mol. The minimum atomic E-state index is 0.456. The lowest BCUT2D eigenvalue weighted by atomic mass is 10.1. The van der Waals surface area contributed by atoms with Crippen molar-refractivity contribution in [3.05, 3.63) is 24.4 Å². The maximum absolute atomic E-state index is 5.08. The van der Waals surface area contributed by atoms with Gasteiger partial charge in [0.25, 0.3) is 0 Å². The van der Waals surface area contributed by atoms with E-state index < -0.39 is 0 Å². The zero-order chi connectivity index (χ0) is 8.27. The van der Waals surface area contributed by atoms with Crippen molar-refractivity contribution >= 4 is 0 Å². The molecule has 0 amide bonds. The Morgan fingerprint density at radius 1 is 1.64 bits per heavy atom. The normalized spacial score (nSPS) is 10.9. The fraction of sp³-hybridized carbons (Fsp3) is 0.556. The van der Waals surface area contributed by atoms with Gasteiger partial charge in [-0.05, 0) is 12.3 Å². The van der Waals surface area contributed by atoms with Crippen molar-refractivity contribution in [3.63, 3.8) is 0 Å². The lowest BCUT2D eigenvalue weighted by molar-refractivity contribution is 0.375. The van der Waals surface area contributed by atoms with Gasteiger partial charge in [-0.3, -0.25) is 0 Å². The third-order valence-corrected chi connectivity index (χ3v) is 1.59. The van der Waals surface area contributed by atoms with Crippen molar-refractivity contribution in [2.75, 3.05) is 0 Å². The second-order valence-corrected chi connectivity index (χ2v) is 2.98. The number of nitrogens with zero attached hydrogens (tertiary/aromatic N) is 1. The van der Waals surface area contributed by atoms with Crippen LogP contribution in [0.5, 0.6) is 0 Å². The molecule has 2 nitrogen and oxygen atoms in total. The summed E-state index contributed by atoms with van der Waals surface area (Å²) in [6, 6.07) is 2.01. The summed E-state index contributed by atoms with van der Waals surface area (Å²) < 4.78 is 5.08. The third-order valence-electron chi connectivity index (χ3n) is 1.59. The molecule has 0 aliphatic carbocycles. The smallest absolute Gasteiger partial charge is 0.137 e. The molecule has 11 heavy (non-hydrogen) atoms. The van der Waals surface area contributed by atoms with Crippen LogP contribution in [-0.2, 0) is 6.42 Å². The fourth-order valence-corrected chi connectivity index (χ4v) is 0.893. The summed E-state index contributed by atoms with van der Waals surface area (Å²) in [6.45, 7) is 7.95. The first-order chi connectivity index (χ1) is 5.24. The van der Waals surface area contributed by atoms with Gasteiger partial charge in [0.05, 0.1) is 5.69 Å². The van der Waals surface area contributed by atoms with Crippen molar-refractivity contribution in [1.29, 1.82) is 0 Å². The molecular weight excluding hydrogens is 138 g/mol. The Balaban J connectivity index is 2.66. The van der Waals surface area contributed by atoms with E-state index in [-0.39, 0.29) is 0 Å². The van der Waals surface area contributed by atoms with Crippen LogP contribution in [0.15, 0.2) is 10.6 Å². The number of aromatic nitrogens is 1.